The van der Waals surface area contributed by atoms with Crippen molar-refractivity contribution in [2.45, 2.75) is 0 Å². The highest BCUT2D eigenvalue weighted by atomic mass is 16.5. The maximum atomic E-state index is 12.2. The molecule has 0 atom stereocenters. The van der Waals surface area contributed by atoms with Crippen LogP contribution in [-0.2, 0) is 9.53 Å². The highest BCUT2D eigenvalue weighted by Gasteiger charge is 2.12. The number of hydrogen-bond donors (Lipinski definition) is 2. The Morgan fingerprint density at radius 2 is 1.72 bits per heavy atom. The Labute approximate surface area is 147 Å². The second kappa shape index (κ2) is 9.85. The zero-order valence-electron chi connectivity index (χ0n) is 14.7. The lowest BCUT2D eigenvalue weighted by atomic mass is 10.2. The Balaban J connectivity index is 1.74. The molecule has 0 aromatic heterocycles. The molecule has 1 aromatic carbocycles. The molecule has 1 saturated heterocycles. The summed E-state index contributed by atoms with van der Waals surface area (Å²) < 4.78 is 15.5. The van der Waals surface area contributed by atoms with E-state index < -0.39 is 0 Å². The van der Waals surface area contributed by atoms with Crippen molar-refractivity contribution in [3.05, 3.63) is 23.8 Å². The number of carbonyl (C=O) groups is 2. The predicted molar refractivity (Wildman–Crippen MR) is 92.1 cm³/mol. The highest BCUT2D eigenvalue weighted by molar-refractivity contribution is 5.97. The average Bonchev–Trinajstić information content (AvgIpc) is 2.66. The standard InChI is InChI=1S/C17H25N3O5/c1-23-14-9-13(10-15(11-14)24-2)17(22)19-12-16(21)18-3-4-20-5-7-25-8-6-20/h9-11H,3-8,12H2,1-2H3,(H,18,21)(H,19,22). The molecule has 138 valence electrons. The monoisotopic (exact) mass is 351 g/mol. The second-order valence-corrected chi connectivity index (χ2v) is 5.59. The molecule has 1 heterocycles. The number of ether oxygens (including phenoxy) is 3. The van der Waals surface area contributed by atoms with Gasteiger partial charge in [0.15, 0.2) is 0 Å². The molecular weight excluding hydrogens is 326 g/mol. The van der Waals surface area contributed by atoms with E-state index in [2.05, 4.69) is 15.5 Å². The fourth-order valence-electron chi connectivity index (χ4n) is 2.44. The lowest BCUT2D eigenvalue weighted by Crippen LogP contribution is -2.43. The van der Waals surface area contributed by atoms with E-state index in [1.807, 2.05) is 0 Å². The summed E-state index contributed by atoms with van der Waals surface area (Å²) in [5.41, 5.74) is 0.373. The van der Waals surface area contributed by atoms with Crippen LogP contribution in [0.2, 0.25) is 0 Å². The minimum absolute atomic E-state index is 0.0819. The highest BCUT2D eigenvalue weighted by Crippen LogP contribution is 2.22. The van der Waals surface area contributed by atoms with Gasteiger partial charge in [0.05, 0.1) is 34.0 Å². The summed E-state index contributed by atoms with van der Waals surface area (Å²) in [6.07, 6.45) is 0. The van der Waals surface area contributed by atoms with Gasteiger partial charge >= 0.3 is 0 Å². The summed E-state index contributed by atoms with van der Waals surface area (Å²) in [5.74, 6) is 0.441. The number of carbonyl (C=O) groups excluding carboxylic acids is 2. The van der Waals surface area contributed by atoms with Crippen LogP contribution in [0, 0.1) is 0 Å². The molecule has 0 saturated carbocycles. The number of nitrogens with zero attached hydrogens (tertiary/aromatic N) is 1. The van der Waals surface area contributed by atoms with Crippen molar-refractivity contribution in [2.75, 3.05) is 60.2 Å². The number of amides is 2. The second-order valence-electron chi connectivity index (χ2n) is 5.59. The lowest BCUT2D eigenvalue weighted by molar-refractivity contribution is -0.120. The zero-order chi connectivity index (χ0) is 18.1. The van der Waals surface area contributed by atoms with Crippen LogP contribution in [0.4, 0.5) is 0 Å². The summed E-state index contributed by atoms with van der Waals surface area (Å²) in [7, 11) is 3.02. The summed E-state index contributed by atoms with van der Waals surface area (Å²) in [6.45, 7) is 4.45. The SMILES string of the molecule is COc1cc(OC)cc(C(=O)NCC(=O)NCCN2CCOCC2)c1. The van der Waals surface area contributed by atoms with Gasteiger partial charge in [-0.25, -0.2) is 0 Å². The van der Waals surface area contributed by atoms with Crippen molar-refractivity contribution < 1.29 is 23.8 Å². The number of methoxy groups -OCH3 is 2. The molecule has 1 aliphatic rings. The molecule has 8 nitrogen and oxygen atoms in total. The van der Waals surface area contributed by atoms with E-state index in [0.29, 0.717) is 23.6 Å². The van der Waals surface area contributed by atoms with Crippen molar-refractivity contribution in [3.8, 4) is 11.5 Å². The fraction of sp³-hybridized carbons (Fsp3) is 0.529. The first kappa shape index (κ1) is 19.0. The van der Waals surface area contributed by atoms with Gasteiger partial charge < -0.3 is 24.8 Å². The van der Waals surface area contributed by atoms with Crippen molar-refractivity contribution in [2.24, 2.45) is 0 Å². The quantitative estimate of drug-likeness (QED) is 0.679. The Bertz CT molecular complexity index is 565. The zero-order valence-corrected chi connectivity index (χ0v) is 14.7. The Morgan fingerprint density at radius 3 is 2.32 bits per heavy atom. The smallest absolute Gasteiger partial charge is 0.251 e. The van der Waals surface area contributed by atoms with E-state index in [4.69, 9.17) is 14.2 Å². The van der Waals surface area contributed by atoms with Gasteiger partial charge in [-0.1, -0.05) is 0 Å². The average molecular weight is 351 g/mol. The molecule has 0 unspecified atom stereocenters. The summed E-state index contributed by atoms with van der Waals surface area (Å²) in [6, 6.07) is 4.86. The van der Waals surface area contributed by atoms with E-state index in [1.165, 1.54) is 14.2 Å². The number of hydrogen-bond acceptors (Lipinski definition) is 6. The van der Waals surface area contributed by atoms with Crippen molar-refractivity contribution in [1.82, 2.24) is 15.5 Å². The predicted octanol–water partition coefficient (Wildman–Crippen LogP) is -0.118. The van der Waals surface area contributed by atoms with E-state index in [0.717, 1.165) is 32.8 Å². The molecule has 1 aromatic rings. The molecule has 0 aliphatic carbocycles. The van der Waals surface area contributed by atoms with E-state index >= 15 is 0 Å². The van der Waals surface area contributed by atoms with Crippen molar-refractivity contribution in [1.29, 1.82) is 0 Å². The largest absolute Gasteiger partial charge is 0.497 e. The van der Waals surface area contributed by atoms with Gasteiger partial charge in [0, 0.05) is 37.8 Å². The first-order valence-electron chi connectivity index (χ1n) is 8.20. The molecule has 0 spiro atoms. The maximum absolute atomic E-state index is 12.2. The van der Waals surface area contributed by atoms with E-state index in [9.17, 15) is 9.59 Å². The van der Waals surface area contributed by atoms with Crippen molar-refractivity contribution in [3.63, 3.8) is 0 Å². The van der Waals surface area contributed by atoms with Gasteiger partial charge in [-0.15, -0.1) is 0 Å². The molecule has 2 amide bonds. The third kappa shape index (κ3) is 6.24. The summed E-state index contributed by atoms with van der Waals surface area (Å²) in [4.78, 5) is 26.3. The Kier molecular flexibility index (Phi) is 7.49. The minimum Gasteiger partial charge on any atom is -0.497 e. The van der Waals surface area contributed by atoms with Crippen LogP contribution in [0.25, 0.3) is 0 Å². The van der Waals surface area contributed by atoms with Crippen LogP contribution < -0.4 is 20.1 Å². The molecule has 1 aliphatic heterocycles. The van der Waals surface area contributed by atoms with Gasteiger partial charge in [0.1, 0.15) is 11.5 Å². The summed E-state index contributed by atoms with van der Waals surface area (Å²) in [5, 5.41) is 5.39. The van der Waals surface area contributed by atoms with Gasteiger partial charge in [-0.3, -0.25) is 14.5 Å². The Hall–Kier alpha value is -2.32. The lowest BCUT2D eigenvalue weighted by Gasteiger charge is -2.26. The number of rotatable bonds is 8. The van der Waals surface area contributed by atoms with Crippen LogP contribution in [0.5, 0.6) is 11.5 Å². The molecule has 8 heteroatoms. The summed E-state index contributed by atoms with van der Waals surface area (Å²) >= 11 is 0. The topological polar surface area (TPSA) is 89.1 Å². The molecule has 2 N–H and O–H groups in total. The van der Waals surface area contributed by atoms with Crippen LogP contribution >= 0.6 is 0 Å². The van der Waals surface area contributed by atoms with Gasteiger partial charge in [0.25, 0.3) is 5.91 Å². The first-order chi connectivity index (χ1) is 12.1. The number of nitrogens with one attached hydrogen (secondary N) is 2. The molecule has 0 radical (unpaired) electrons. The Morgan fingerprint density at radius 1 is 1.08 bits per heavy atom. The fourth-order valence-corrected chi connectivity index (χ4v) is 2.44. The van der Waals surface area contributed by atoms with Crippen molar-refractivity contribution >= 4 is 11.8 Å². The van der Waals surface area contributed by atoms with Gasteiger partial charge in [-0.05, 0) is 12.1 Å². The number of benzene rings is 1. The molecular formula is C17H25N3O5. The van der Waals surface area contributed by atoms with Gasteiger partial charge in [-0.2, -0.15) is 0 Å². The third-order valence-corrected chi connectivity index (χ3v) is 3.88. The van der Waals surface area contributed by atoms with Gasteiger partial charge in [0.2, 0.25) is 5.91 Å². The maximum Gasteiger partial charge on any atom is 0.251 e. The van der Waals surface area contributed by atoms with Crippen LogP contribution in [0.1, 0.15) is 10.4 Å². The van der Waals surface area contributed by atoms with Crippen LogP contribution in [0.3, 0.4) is 0 Å². The molecule has 25 heavy (non-hydrogen) atoms. The van der Waals surface area contributed by atoms with E-state index in [-0.39, 0.29) is 18.4 Å². The number of morpholine rings is 1. The third-order valence-electron chi connectivity index (χ3n) is 3.88. The normalized spacial score (nSPS) is 14.6. The molecule has 0 bridgehead atoms. The van der Waals surface area contributed by atoms with Crippen LogP contribution in [0.15, 0.2) is 18.2 Å². The van der Waals surface area contributed by atoms with Crippen LogP contribution in [-0.4, -0.2) is 76.9 Å². The molecule has 2 rings (SSSR count). The first-order valence-corrected chi connectivity index (χ1v) is 8.20. The minimum atomic E-state index is -0.361. The van der Waals surface area contributed by atoms with E-state index in [1.54, 1.807) is 18.2 Å². The molecule has 1 fully saturated rings.